The third-order valence-corrected chi connectivity index (χ3v) is 4.49. The van der Waals surface area contributed by atoms with Crippen molar-refractivity contribution in [2.24, 2.45) is 0 Å². The minimum absolute atomic E-state index is 0.0474. The van der Waals surface area contributed by atoms with Crippen LogP contribution in [-0.2, 0) is 15.6 Å². The van der Waals surface area contributed by atoms with Crippen molar-refractivity contribution in [2.75, 3.05) is 0 Å². The van der Waals surface area contributed by atoms with Crippen molar-refractivity contribution < 1.29 is 17.3 Å². The van der Waals surface area contributed by atoms with Gasteiger partial charge in [-0.3, -0.25) is 0 Å². The molecule has 0 amide bonds. The molecule has 0 spiro atoms. The summed E-state index contributed by atoms with van der Waals surface area (Å²) in [5.41, 5.74) is 0. The predicted octanol–water partition coefficient (Wildman–Crippen LogP) is 2.06. The highest BCUT2D eigenvalue weighted by atomic mass is 32.2. The van der Waals surface area contributed by atoms with Gasteiger partial charge < -0.3 is 4.52 Å². The highest BCUT2D eigenvalue weighted by molar-refractivity contribution is 7.90. The number of hydrogen-bond acceptors (Lipinski definition) is 5. The summed E-state index contributed by atoms with van der Waals surface area (Å²) in [7, 11) is -3.66. The number of benzene rings is 1. The Morgan fingerprint density at radius 1 is 1.37 bits per heavy atom. The molecule has 0 N–H and O–H groups in total. The molecule has 1 heterocycles. The minimum atomic E-state index is -3.66. The van der Waals surface area contributed by atoms with Crippen molar-refractivity contribution in [2.45, 2.75) is 29.4 Å². The predicted molar refractivity (Wildman–Crippen MR) is 63.6 cm³/mol. The lowest BCUT2D eigenvalue weighted by Gasteiger charge is -2.00. The Morgan fingerprint density at radius 2 is 2.16 bits per heavy atom. The van der Waals surface area contributed by atoms with Gasteiger partial charge in [0.15, 0.2) is 15.7 Å². The first-order valence-electron chi connectivity index (χ1n) is 5.85. The summed E-state index contributed by atoms with van der Waals surface area (Å²) >= 11 is 0. The molecule has 0 aliphatic heterocycles. The molecule has 1 saturated carbocycles. The molecule has 2 aromatic rings. The van der Waals surface area contributed by atoms with E-state index in [9.17, 15) is 12.8 Å². The van der Waals surface area contributed by atoms with Crippen LogP contribution in [-0.4, -0.2) is 18.6 Å². The molecule has 1 fully saturated rings. The molecular weight excluding hydrogens is 271 g/mol. The molecule has 1 aliphatic carbocycles. The van der Waals surface area contributed by atoms with Crippen LogP contribution in [0.4, 0.5) is 4.39 Å². The Kier molecular flexibility index (Phi) is 2.85. The third kappa shape index (κ3) is 2.65. The molecule has 1 aromatic heterocycles. The average Bonchev–Trinajstić information content (AvgIpc) is 3.11. The Balaban J connectivity index is 1.84. The normalized spacial score (nSPS) is 15.6. The van der Waals surface area contributed by atoms with E-state index in [1.165, 1.54) is 18.2 Å². The summed E-state index contributed by atoms with van der Waals surface area (Å²) in [6.07, 6.45) is 2.02. The summed E-state index contributed by atoms with van der Waals surface area (Å²) in [6, 6.07) is 4.87. The van der Waals surface area contributed by atoms with E-state index in [0.717, 1.165) is 18.9 Å². The van der Waals surface area contributed by atoms with E-state index in [1.54, 1.807) is 0 Å². The van der Waals surface area contributed by atoms with Crippen LogP contribution in [0.2, 0.25) is 0 Å². The zero-order valence-corrected chi connectivity index (χ0v) is 10.7. The van der Waals surface area contributed by atoms with Crippen LogP contribution in [0.25, 0.3) is 0 Å². The fraction of sp³-hybridized carbons (Fsp3) is 0.333. The van der Waals surface area contributed by atoms with Crippen molar-refractivity contribution in [1.29, 1.82) is 0 Å². The zero-order chi connectivity index (χ0) is 13.5. The van der Waals surface area contributed by atoms with Gasteiger partial charge in [0.1, 0.15) is 11.6 Å². The lowest BCUT2D eigenvalue weighted by molar-refractivity contribution is 0.383. The van der Waals surface area contributed by atoms with E-state index in [2.05, 4.69) is 10.1 Å². The van der Waals surface area contributed by atoms with Crippen molar-refractivity contribution in [3.8, 4) is 0 Å². The Labute approximate surface area is 109 Å². The summed E-state index contributed by atoms with van der Waals surface area (Å²) in [5.74, 6) is -0.0915. The lowest BCUT2D eigenvalue weighted by Crippen LogP contribution is -2.05. The van der Waals surface area contributed by atoms with Crippen LogP contribution in [0, 0.1) is 5.82 Å². The molecule has 0 unspecified atom stereocenters. The van der Waals surface area contributed by atoms with Gasteiger partial charge in [-0.1, -0.05) is 11.2 Å². The van der Waals surface area contributed by atoms with Gasteiger partial charge in [-0.05, 0) is 31.0 Å². The SMILES string of the molecule is O=S(=O)(Cc1nc(C2CC2)no1)c1cccc(F)c1. The molecule has 3 rings (SSSR count). The molecule has 1 aliphatic rings. The largest absolute Gasteiger partial charge is 0.338 e. The Morgan fingerprint density at radius 3 is 2.84 bits per heavy atom. The fourth-order valence-corrected chi connectivity index (χ4v) is 2.93. The maximum atomic E-state index is 13.0. The molecule has 0 bridgehead atoms. The van der Waals surface area contributed by atoms with Crippen molar-refractivity contribution in [3.63, 3.8) is 0 Å². The van der Waals surface area contributed by atoms with Gasteiger partial charge in [-0.15, -0.1) is 0 Å². The maximum Gasteiger partial charge on any atom is 0.242 e. The summed E-state index contributed by atoms with van der Waals surface area (Å²) in [5, 5.41) is 3.75. The van der Waals surface area contributed by atoms with Gasteiger partial charge in [-0.25, -0.2) is 12.8 Å². The van der Waals surface area contributed by atoms with Crippen molar-refractivity contribution >= 4 is 9.84 Å². The second-order valence-electron chi connectivity index (χ2n) is 4.54. The molecule has 100 valence electrons. The molecule has 1 aromatic carbocycles. The smallest absolute Gasteiger partial charge is 0.242 e. The first-order valence-corrected chi connectivity index (χ1v) is 7.50. The molecule has 0 radical (unpaired) electrons. The monoisotopic (exact) mass is 282 g/mol. The zero-order valence-electron chi connectivity index (χ0n) is 9.91. The molecule has 0 saturated heterocycles. The number of rotatable bonds is 4. The van der Waals surface area contributed by atoms with Crippen molar-refractivity contribution in [3.05, 3.63) is 41.8 Å². The van der Waals surface area contributed by atoms with Gasteiger partial charge in [-0.2, -0.15) is 4.98 Å². The molecule has 0 atom stereocenters. The first kappa shape index (κ1) is 12.3. The lowest BCUT2D eigenvalue weighted by atomic mass is 10.4. The third-order valence-electron chi connectivity index (χ3n) is 2.89. The van der Waals surface area contributed by atoms with E-state index >= 15 is 0 Å². The van der Waals surface area contributed by atoms with Gasteiger partial charge >= 0.3 is 0 Å². The first-order chi connectivity index (χ1) is 9.04. The highest BCUT2D eigenvalue weighted by Crippen LogP contribution is 2.38. The van der Waals surface area contributed by atoms with Crippen LogP contribution in [0.15, 0.2) is 33.7 Å². The minimum Gasteiger partial charge on any atom is -0.338 e. The van der Waals surface area contributed by atoms with E-state index in [1.807, 2.05) is 0 Å². The second-order valence-corrected chi connectivity index (χ2v) is 6.53. The summed E-state index contributed by atoms with van der Waals surface area (Å²) in [6.45, 7) is 0. The van der Waals surface area contributed by atoms with Gasteiger partial charge in [0.05, 0.1) is 4.90 Å². The molecule has 19 heavy (non-hydrogen) atoms. The Bertz CT molecular complexity index is 707. The standard InChI is InChI=1S/C12H11FN2O3S/c13-9-2-1-3-10(6-9)19(16,17)7-11-14-12(15-18-11)8-4-5-8/h1-3,6,8H,4-5,7H2. The van der Waals surface area contributed by atoms with Gasteiger partial charge in [0.25, 0.3) is 0 Å². The quantitative estimate of drug-likeness (QED) is 0.858. The van der Waals surface area contributed by atoms with Gasteiger partial charge in [0.2, 0.25) is 5.89 Å². The maximum absolute atomic E-state index is 13.0. The number of sulfone groups is 1. The fourth-order valence-electron chi connectivity index (χ4n) is 1.74. The number of halogens is 1. The second kappa shape index (κ2) is 4.41. The van der Waals surface area contributed by atoms with Crippen LogP contribution in [0.1, 0.15) is 30.5 Å². The average molecular weight is 282 g/mol. The van der Waals surface area contributed by atoms with E-state index in [4.69, 9.17) is 4.52 Å². The molecule has 5 nitrogen and oxygen atoms in total. The number of aromatic nitrogens is 2. The molecule has 7 heteroatoms. The van der Waals surface area contributed by atoms with Crippen LogP contribution >= 0.6 is 0 Å². The van der Waals surface area contributed by atoms with Crippen LogP contribution in [0.3, 0.4) is 0 Å². The topological polar surface area (TPSA) is 73.1 Å². The van der Waals surface area contributed by atoms with E-state index < -0.39 is 21.4 Å². The van der Waals surface area contributed by atoms with Gasteiger partial charge in [0, 0.05) is 5.92 Å². The highest BCUT2D eigenvalue weighted by Gasteiger charge is 2.29. The number of hydrogen-bond donors (Lipinski definition) is 0. The molecular formula is C12H11FN2O3S. The Hall–Kier alpha value is -1.76. The van der Waals surface area contributed by atoms with Crippen LogP contribution < -0.4 is 0 Å². The number of nitrogens with zero attached hydrogens (tertiary/aromatic N) is 2. The van der Waals surface area contributed by atoms with E-state index in [-0.39, 0.29) is 10.8 Å². The summed E-state index contributed by atoms with van der Waals surface area (Å²) < 4.78 is 42.1. The summed E-state index contributed by atoms with van der Waals surface area (Å²) in [4.78, 5) is 3.97. The van der Waals surface area contributed by atoms with Crippen molar-refractivity contribution in [1.82, 2.24) is 10.1 Å². The van der Waals surface area contributed by atoms with Crippen LogP contribution in [0.5, 0.6) is 0 Å². The van der Waals surface area contributed by atoms with E-state index in [0.29, 0.717) is 11.7 Å².